The number of para-hydroxylation sites is 1. The fourth-order valence-corrected chi connectivity index (χ4v) is 1.77. The van der Waals surface area contributed by atoms with E-state index in [2.05, 4.69) is 9.88 Å². The molecule has 0 saturated heterocycles. The number of sulfonamides is 1. The molecule has 0 atom stereocenters. The van der Waals surface area contributed by atoms with E-state index >= 15 is 0 Å². The summed E-state index contributed by atoms with van der Waals surface area (Å²) >= 11 is 0. The number of aromatic nitrogens is 1. The van der Waals surface area contributed by atoms with Gasteiger partial charge in [0.05, 0.1) is 11.1 Å². The van der Waals surface area contributed by atoms with Gasteiger partial charge in [-0.1, -0.05) is 17.3 Å². The molecule has 0 bridgehead atoms. The molecule has 1 heterocycles. The number of benzene rings is 1. The molecule has 5 nitrogen and oxygen atoms in total. The summed E-state index contributed by atoms with van der Waals surface area (Å²) < 4.78 is 30.0. The maximum Gasteiger partial charge on any atom is 0.233 e. The number of nitrogens with one attached hydrogen (secondary N) is 1. The molecule has 0 spiro atoms. The SMILES string of the molecule is CCS(=O)(=O)Nc1noc2ccccc12. The summed E-state index contributed by atoms with van der Waals surface area (Å²) in [4.78, 5) is 0. The summed E-state index contributed by atoms with van der Waals surface area (Å²) in [6, 6.07) is 7.07. The standard InChI is InChI=1S/C9H10N2O3S/c1-2-15(12,13)11-9-7-5-3-4-6-8(7)14-10-9/h3-6H,2H2,1H3,(H,10,11). The summed E-state index contributed by atoms with van der Waals surface area (Å²) in [5.41, 5.74) is 0.561. The Kier molecular flexibility index (Phi) is 2.36. The van der Waals surface area contributed by atoms with Crippen LogP contribution < -0.4 is 4.72 Å². The Bertz CT molecular complexity index is 574. The van der Waals surface area contributed by atoms with Gasteiger partial charge >= 0.3 is 0 Å². The van der Waals surface area contributed by atoms with Gasteiger partial charge in [-0.15, -0.1) is 0 Å². The summed E-state index contributed by atoms with van der Waals surface area (Å²) in [7, 11) is -3.31. The highest BCUT2D eigenvalue weighted by atomic mass is 32.2. The van der Waals surface area contributed by atoms with E-state index in [1.165, 1.54) is 0 Å². The number of fused-ring (bicyclic) bond motifs is 1. The molecule has 0 unspecified atom stereocenters. The molecule has 0 amide bonds. The van der Waals surface area contributed by atoms with Crippen molar-refractivity contribution in [2.75, 3.05) is 10.5 Å². The Balaban J connectivity index is 2.46. The van der Waals surface area contributed by atoms with Crippen LogP contribution in [0.15, 0.2) is 28.8 Å². The third-order valence-electron chi connectivity index (χ3n) is 2.01. The third-order valence-corrected chi connectivity index (χ3v) is 3.27. The molecule has 1 aromatic heterocycles. The summed E-state index contributed by atoms with van der Waals surface area (Å²) in [6.45, 7) is 1.56. The molecule has 1 N–H and O–H groups in total. The number of hydrogen-bond donors (Lipinski definition) is 1. The van der Waals surface area contributed by atoms with Gasteiger partial charge in [0, 0.05) is 0 Å². The molecule has 0 saturated carbocycles. The lowest BCUT2D eigenvalue weighted by Gasteiger charge is -2.00. The summed E-state index contributed by atoms with van der Waals surface area (Å²) in [6.07, 6.45) is 0. The van der Waals surface area contributed by atoms with Gasteiger partial charge < -0.3 is 4.52 Å². The first-order valence-electron chi connectivity index (χ1n) is 4.47. The first-order valence-corrected chi connectivity index (χ1v) is 6.12. The van der Waals surface area contributed by atoms with E-state index in [1.807, 2.05) is 0 Å². The van der Waals surface area contributed by atoms with Gasteiger partial charge in [0.25, 0.3) is 0 Å². The fraction of sp³-hybridized carbons (Fsp3) is 0.222. The minimum Gasteiger partial charge on any atom is -0.354 e. The summed E-state index contributed by atoms with van der Waals surface area (Å²) in [5.74, 6) is 0.251. The van der Waals surface area contributed by atoms with Crippen molar-refractivity contribution in [2.24, 2.45) is 0 Å². The van der Waals surface area contributed by atoms with E-state index in [1.54, 1.807) is 31.2 Å². The zero-order valence-electron chi connectivity index (χ0n) is 8.10. The number of hydrogen-bond acceptors (Lipinski definition) is 4. The van der Waals surface area contributed by atoms with Crippen molar-refractivity contribution in [2.45, 2.75) is 6.92 Å². The molecule has 1 aromatic carbocycles. The molecule has 80 valence electrons. The molecular formula is C9H10N2O3S. The van der Waals surface area contributed by atoms with Crippen molar-refractivity contribution in [1.82, 2.24) is 5.16 Å². The quantitative estimate of drug-likeness (QED) is 0.862. The van der Waals surface area contributed by atoms with Crippen molar-refractivity contribution in [3.63, 3.8) is 0 Å². The Morgan fingerprint density at radius 3 is 2.87 bits per heavy atom. The highest BCUT2D eigenvalue weighted by Crippen LogP contribution is 2.22. The Hall–Kier alpha value is -1.56. The minimum absolute atomic E-state index is 0.00812. The normalized spacial score (nSPS) is 11.8. The van der Waals surface area contributed by atoms with Crippen LogP contribution in [-0.4, -0.2) is 19.3 Å². The molecular weight excluding hydrogens is 216 g/mol. The fourth-order valence-electron chi connectivity index (χ4n) is 1.18. The molecule has 2 rings (SSSR count). The smallest absolute Gasteiger partial charge is 0.233 e. The molecule has 0 radical (unpaired) electrons. The lowest BCUT2D eigenvalue weighted by molar-refractivity contribution is 0.460. The van der Waals surface area contributed by atoms with Crippen LogP contribution >= 0.6 is 0 Å². The lowest BCUT2D eigenvalue weighted by Crippen LogP contribution is -2.14. The van der Waals surface area contributed by atoms with Crippen LogP contribution in [-0.2, 0) is 10.0 Å². The number of rotatable bonds is 3. The Labute approximate surface area is 87.1 Å². The average molecular weight is 226 g/mol. The minimum atomic E-state index is -3.31. The van der Waals surface area contributed by atoms with Gasteiger partial charge in [0.1, 0.15) is 0 Å². The van der Waals surface area contributed by atoms with E-state index in [4.69, 9.17) is 4.52 Å². The first-order chi connectivity index (χ1) is 7.12. The second kappa shape index (κ2) is 3.54. The second-order valence-electron chi connectivity index (χ2n) is 3.03. The van der Waals surface area contributed by atoms with Crippen molar-refractivity contribution in [1.29, 1.82) is 0 Å². The van der Waals surface area contributed by atoms with E-state index in [0.29, 0.717) is 11.0 Å². The Morgan fingerprint density at radius 1 is 1.40 bits per heavy atom. The van der Waals surface area contributed by atoms with Gasteiger partial charge in [-0.05, 0) is 19.1 Å². The van der Waals surface area contributed by atoms with Crippen LogP contribution in [0.2, 0.25) is 0 Å². The van der Waals surface area contributed by atoms with Crippen LogP contribution in [0.5, 0.6) is 0 Å². The van der Waals surface area contributed by atoms with Gasteiger partial charge in [-0.25, -0.2) is 8.42 Å². The lowest BCUT2D eigenvalue weighted by atomic mass is 10.2. The van der Waals surface area contributed by atoms with E-state index < -0.39 is 10.0 Å². The molecule has 15 heavy (non-hydrogen) atoms. The van der Waals surface area contributed by atoms with Crippen LogP contribution in [0.25, 0.3) is 11.0 Å². The van der Waals surface area contributed by atoms with E-state index in [9.17, 15) is 8.42 Å². The van der Waals surface area contributed by atoms with E-state index in [0.717, 1.165) is 0 Å². The highest BCUT2D eigenvalue weighted by Gasteiger charge is 2.13. The van der Waals surface area contributed by atoms with Crippen molar-refractivity contribution in [3.8, 4) is 0 Å². The molecule has 0 fully saturated rings. The van der Waals surface area contributed by atoms with Crippen molar-refractivity contribution >= 4 is 26.8 Å². The van der Waals surface area contributed by atoms with Gasteiger partial charge in [-0.2, -0.15) is 0 Å². The maximum atomic E-state index is 11.3. The van der Waals surface area contributed by atoms with Crippen molar-refractivity contribution < 1.29 is 12.9 Å². The predicted octanol–water partition coefficient (Wildman–Crippen LogP) is 1.59. The van der Waals surface area contributed by atoms with Crippen molar-refractivity contribution in [3.05, 3.63) is 24.3 Å². The van der Waals surface area contributed by atoms with Crippen LogP contribution in [0, 0.1) is 0 Å². The predicted molar refractivity (Wildman–Crippen MR) is 57.1 cm³/mol. The maximum absolute atomic E-state index is 11.3. The largest absolute Gasteiger partial charge is 0.354 e. The zero-order valence-corrected chi connectivity index (χ0v) is 8.91. The monoisotopic (exact) mass is 226 g/mol. The average Bonchev–Trinajstić information content (AvgIpc) is 2.62. The third kappa shape index (κ3) is 1.94. The first kappa shape index (κ1) is 9.97. The van der Waals surface area contributed by atoms with Gasteiger partial charge in [0.2, 0.25) is 10.0 Å². The molecule has 0 aliphatic rings. The summed E-state index contributed by atoms with van der Waals surface area (Å²) in [5, 5.41) is 4.32. The van der Waals surface area contributed by atoms with E-state index in [-0.39, 0.29) is 11.6 Å². The number of anilines is 1. The topological polar surface area (TPSA) is 72.2 Å². The molecule has 6 heteroatoms. The van der Waals surface area contributed by atoms with Crippen LogP contribution in [0.3, 0.4) is 0 Å². The van der Waals surface area contributed by atoms with Crippen LogP contribution in [0.4, 0.5) is 5.82 Å². The van der Waals surface area contributed by atoms with Gasteiger partial charge in [-0.3, -0.25) is 4.72 Å². The highest BCUT2D eigenvalue weighted by molar-refractivity contribution is 7.92. The molecule has 2 aromatic rings. The Morgan fingerprint density at radius 2 is 2.13 bits per heavy atom. The molecule has 0 aliphatic heterocycles. The van der Waals surface area contributed by atoms with Gasteiger partial charge in [0.15, 0.2) is 11.4 Å². The van der Waals surface area contributed by atoms with Crippen LogP contribution in [0.1, 0.15) is 6.92 Å². The zero-order chi connectivity index (χ0) is 10.9. The molecule has 0 aliphatic carbocycles. The number of nitrogens with zero attached hydrogens (tertiary/aromatic N) is 1. The second-order valence-corrected chi connectivity index (χ2v) is 5.04.